The topological polar surface area (TPSA) is 0 Å². The van der Waals surface area contributed by atoms with E-state index in [0.717, 1.165) is 11.0 Å². The van der Waals surface area contributed by atoms with Crippen LogP contribution in [0.2, 0.25) is 0 Å². The minimum Gasteiger partial charge on any atom is -0.246 e. The van der Waals surface area contributed by atoms with Crippen LogP contribution >= 0.6 is 0 Å². The first-order valence-electron chi connectivity index (χ1n) is 2.95. The molecule has 1 aromatic rings. The maximum absolute atomic E-state index is 12.0. The zero-order valence-corrected chi connectivity index (χ0v) is 5.39. The quantitative estimate of drug-likeness (QED) is 0.473. The van der Waals surface area contributed by atoms with E-state index in [-0.39, 0.29) is 6.67 Å². The van der Waals surface area contributed by atoms with E-state index in [4.69, 9.17) is 0 Å². The van der Waals surface area contributed by atoms with Gasteiger partial charge in [0.1, 0.15) is 14.5 Å². The lowest BCUT2D eigenvalue weighted by atomic mass is 9.91. The number of alkyl halides is 1. The standard InChI is InChI=1S/C7H8BF/c8-7-4-2-1-3-6(7)5-9/h1-4H,5,8H2. The van der Waals surface area contributed by atoms with Crippen LogP contribution in [0.3, 0.4) is 0 Å². The number of rotatable bonds is 1. The summed E-state index contributed by atoms with van der Waals surface area (Å²) in [6.07, 6.45) is 0. The van der Waals surface area contributed by atoms with Crippen molar-refractivity contribution in [2.45, 2.75) is 6.67 Å². The van der Waals surface area contributed by atoms with Crippen molar-refractivity contribution in [2.24, 2.45) is 0 Å². The second-order valence-electron chi connectivity index (χ2n) is 2.06. The number of hydrogen-bond donors (Lipinski definition) is 0. The molecule has 0 nitrogen and oxygen atoms in total. The summed E-state index contributed by atoms with van der Waals surface area (Å²) in [6.45, 7) is -0.354. The first kappa shape index (κ1) is 6.34. The van der Waals surface area contributed by atoms with Crippen LogP contribution in [-0.4, -0.2) is 7.85 Å². The molecule has 0 amide bonds. The molecule has 0 aliphatic rings. The Bertz CT molecular complexity index is 198. The number of hydrogen-bond acceptors (Lipinski definition) is 0. The lowest BCUT2D eigenvalue weighted by Crippen LogP contribution is -2.07. The Hall–Kier alpha value is -0.785. The highest BCUT2D eigenvalue weighted by Crippen LogP contribution is 1.95. The van der Waals surface area contributed by atoms with Crippen LogP contribution in [0.25, 0.3) is 0 Å². The van der Waals surface area contributed by atoms with E-state index >= 15 is 0 Å². The van der Waals surface area contributed by atoms with Gasteiger partial charge in [-0.15, -0.1) is 0 Å². The van der Waals surface area contributed by atoms with Crippen LogP contribution in [0, 0.1) is 0 Å². The highest BCUT2D eigenvalue weighted by Gasteiger charge is 1.91. The van der Waals surface area contributed by atoms with E-state index in [0.29, 0.717) is 0 Å². The van der Waals surface area contributed by atoms with Gasteiger partial charge in [-0.3, -0.25) is 0 Å². The zero-order valence-electron chi connectivity index (χ0n) is 5.39. The minimum atomic E-state index is -0.354. The summed E-state index contributed by atoms with van der Waals surface area (Å²) in [4.78, 5) is 0. The average molecular weight is 122 g/mol. The summed E-state index contributed by atoms with van der Waals surface area (Å²) in [5.41, 5.74) is 1.82. The van der Waals surface area contributed by atoms with Crippen molar-refractivity contribution in [1.29, 1.82) is 0 Å². The van der Waals surface area contributed by atoms with Crippen LogP contribution in [0.1, 0.15) is 5.56 Å². The number of halogens is 1. The maximum atomic E-state index is 12.0. The van der Waals surface area contributed by atoms with Gasteiger partial charge in [0, 0.05) is 0 Å². The molecule has 0 spiro atoms. The molecule has 1 aromatic carbocycles. The summed E-state index contributed by atoms with van der Waals surface area (Å²) < 4.78 is 12.0. The normalized spacial score (nSPS) is 9.44. The van der Waals surface area contributed by atoms with Crippen molar-refractivity contribution in [3.8, 4) is 0 Å². The molecule has 1 rings (SSSR count). The first-order valence-corrected chi connectivity index (χ1v) is 2.95. The Balaban J connectivity index is 3.01. The van der Waals surface area contributed by atoms with Gasteiger partial charge in [-0.05, 0) is 5.56 Å². The van der Waals surface area contributed by atoms with Crippen molar-refractivity contribution in [3.63, 3.8) is 0 Å². The molecule has 0 aromatic heterocycles. The van der Waals surface area contributed by atoms with Gasteiger partial charge in [0.2, 0.25) is 0 Å². The molecule has 0 radical (unpaired) electrons. The second-order valence-corrected chi connectivity index (χ2v) is 2.06. The Labute approximate surface area is 55.1 Å². The average Bonchev–Trinajstić information content (AvgIpc) is 1.89. The molecule has 9 heavy (non-hydrogen) atoms. The molecule has 0 aliphatic heterocycles. The lowest BCUT2D eigenvalue weighted by molar-refractivity contribution is 0.487. The third kappa shape index (κ3) is 1.32. The van der Waals surface area contributed by atoms with Crippen molar-refractivity contribution in [1.82, 2.24) is 0 Å². The zero-order chi connectivity index (χ0) is 6.69. The third-order valence-corrected chi connectivity index (χ3v) is 1.41. The SMILES string of the molecule is Bc1ccccc1CF. The van der Waals surface area contributed by atoms with Gasteiger partial charge in [-0.2, -0.15) is 0 Å². The van der Waals surface area contributed by atoms with Gasteiger partial charge >= 0.3 is 0 Å². The summed E-state index contributed by atoms with van der Waals surface area (Å²) in [5, 5.41) is 0. The Kier molecular flexibility index (Phi) is 1.88. The van der Waals surface area contributed by atoms with Gasteiger partial charge in [0.15, 0.2) is 0 Å². The van der Waals surface area contributed by atoms with E-state index in [9.17, 15) is 4.39 Å². The van der Waals surface area contributed by atoms with Gasteiger partial charge in [-0.25, -0.2) is 4.39 Å². The van der Waals surface area contributed by atoms with Gasteiger partial charge in [0.25, 0.3) is 0 Å². The molecule has 46 valence electrons. The smallest absolute Gasteiger partial charge is 0.139 e. The Morgan fingerprint density at radius 3 is 2.44 bits per heavy atom. The largest absolute Gasteiger partial charge is 0.246 e. The highest BCUT2D eigenvalue weighted by molar-refractivity contribution is 6.33. The molecule has 0 N–H and O–H groups in total. The van der Waals surface area contributed by atoms with E-state index < -0.39 is 0 Å². The molecule has 0 heterocycles. The fourth-order valence-electron chi connectivity index (χ4n) is 0.760. The molecule has 2 heteroatoms. The molecular formula is C7H8BF. The van der Waals surface area contributed by atoms with E-state index in [1.54, 1.807) is 6.07 Å². The van der Waals surface area contributed by atoms with Crippen molar-refractivity contribution >= 4 is 13.3 Å². The summed E-state index contributed by atoms with van der Waals surface area (Å²) in [7, 11) is 1.91. The highest BCUT2D eigenvalue weighted by atomic mass is 19.1. The third-order valence-electron chi connectivity index (χ3n) is 1.41. The molecule has 0 atom stereocenters. The van der Waals surface area contributed by atoms with Crippen LogP contribution in [0.15, 0.2) is 24.3 Å². The van der Waals surface area contributed by atoms with Crippen molar-refractivity contribution in [2.75, 3.05) is 0 Å². The summed E-state index contributed by atoms with van der Waals surface area (Å²) in [6, 6.07) is 7.47. The molecule has 0 fully saturated rings. The molecule has 0 aliphatic carbocycles. The Morgan fingerprint density at radius 2 is 2.00 bits per heavy atom. The van der Waals surface area contributed by atoms with E-state index in [2.05, 4.69) is 0 Å². The van der Waals surface area contributed by atoms with Crippen LogP contribution < -0.4 is 5.46 Å². The van der Waals surface area contributed by atoms with Crippen LogP contribution in [0.4, 0.5) is 4.39 Å². The van der Waals surface area contributed by atoms with E-state index in [1.165, 1.54) is 0 Å². The van der Waals surface area contributed by atoms with Crippen molar-refractivity contribution in [3.05, 3.63) is 29.8 Å². The fourth-order valence-corrected chi connectivity index (χ4v) is 0.760. The molecule has 0 bridgehead atoms. The Morgan fingerprint density at radius 1 is 1.33 bits per heavy atom. The maximum Gasteiger partial charge on any atom is 0.139 e. The van der Waals surface area contributed by atoms with Crippen LogP contribution in [-0.2, 0) is 6.67 Å². The summed E-state index contributed by atoms with van der Waals surface area (Å²) >= 11 is 0. The van der Waals surface area contributed by atoms with Gasteiger partial charge < -0.3 is 0 Å². The molecule has 0 unspecified atom stereocenters. The monoisotopic (exact) mass is 122 g/mol. The predicted octanol–water partition coefficient (Wildman–Crippen LogP) is 0.415. The first-order chi connectivity index (χ1) is 4.34. The second kappa shape index (κ2) is 2.67. The molecular weight excluding hydrogens is 114 g/mol. The van der Waals surface area contributed by atoms with Crippen molar-refractivity contribution < 1.29 is 4.39 Å². The van der Waals surface area contributed by atoms with Gasteiger partial charge in [0.05, 0.1) is 0 Å². The fraction of sp³-hybridized carbons (Fsp3) is 0.143. The van der Waals surface area contributed by atoms with E-state index in [1.807, 2.05) is 26.0 Å². The minimum absolute atomic E-state index is 0.354. The molecule has 0 saturated heterocycles. The number of benzene rings is 1. The van der Waals surface area contributed by atoms with Crippen LogP contribution in [0.5, 0.6) is 0 Å². The van der Waals surface area contributed by atoms with Gasteiger partial charge in [-0.1, -0.05) is 29.7 Å². The summed E-state index contributed by atoms with van der Waals surface area (Å²) in [5.74, 6) is 0. The predicted molar refractivity (Wildman–Crippen MR) is 39.4 cm³/mol. The molecule has 0 saturated carbocycles. The lowest BCUT2D eigenvalue weighted by Gasteiger charge is -1.96.